The predicted octanol–water partition coefficient (Wildman–Crippen LogP) is 20.5. The smallest absolute Gasteiger partial charge is 0.164 e. The van der Waals surface area contributed by atoms with Gasteiger partial charge in [0.05, 0.1) is 67.1 Å². The Morgan fingerprint density at radius 1 is 0.233 bits per heavy atom. The third-order valence-corrected chi connectivity index (χ3v) is 18.0. The minimum Gasteiger partial charge on any atom is -0.309 e. The van der Waals surface area contributed by atoms with E-state index in [0.29, 0.717) is 23.0 Å². The molecule has 0 aliphatic carbocycles. The van der Waals surface area contributed by atoms with Gasteiger partial charge in [0.15, 0.2) is 17.5 Å². The van der Waals surface area contributed by atoms with Gasteiger partial charge in [0.25, 0.3) is 0 Å². The molecule has 0 amide bonds. The van der Waals surface area contributed by atoms with Gasteiger partial charge in [0, 0.05) is 82.3 Å². The van der Waals surface area contributed by atoms with Crippen LogP contribution < -0.4 is 0 Å². The van der Waals surface area contributed by atoms with Gasteiger partial charge in [-0.1, -0.05) is 194 Å². The van der Waals surface area contributed by atoms with Crippen LogP contribution in [0.4, 0.5) is 0 Å². The summed E-state index contributed by atoms with van der Waals surface area (Å²) >= 11 is 0. The molecular formula is C82H50N8. The zero-order chi connectivity index (χ0) is 59.4. The lowest BCUT2D eigenvalue weighted by atomic mass is 9.94. The van der Waals surface area contributed by atoms with E-state index in [1.54, 1.807) is 0 Å². The monoisotopic (exact) mass is 1150 g/mol. The largest absolute Gasteiger partial charge is 0.309 e. The summed E-state index contributed by atoms with van der Waals surface area (Å²) in [5.41, 5.74) is 19.9. The summed E-state index contributed by atoms with van der Waals surface area (Å²) in [6, 6.07) is 110. The maximum Gasteiger partial charge on any atom is 0.164 e. The molecule has 0 fully saturated rings. The Bertz CT molecular complexity index is 5910. The van der Waals surface area contributed by atoms with E-state index >= 15 is 0 Å². The van der Waals surface area contributed by atoms with Crippen LogP contribution in [0.3, 0.4) is 0 Å². The van der Waals surface area contributed by atoms with Gasteiger partial charge < -0.3 is 18.3 Å². The molecule has 0 aliphatic heterocycles. The molecule has 18 aromatic rings. The summed E-state index contributed by atoms with van der Waals surface area (Å²) in [5, 5.41) is 19.6. The number of hydrogen-bond donors (Lipinski definition) is 0. The van der Waals surface area contributed by atoms with E-state index in [1.165, 1.54) is 21.5 Å². The molecule has 0 atom stereocenters. The molecule has 0 saturated heterocycles. The van der Waals surface area contributed by atoms with Crippen LogP contribution in [0.15, 0.2) is 303 Å². The summed E-state index contributed by atoms with van der Waals surface area (Å²) in [6.07, 6.45) is 0. The average molecular weight is 1150 g/mol. The first kappa shape index (κ1) is 50.8. The molecule has 18 rings (SSSR count). The molecule has 13 aromatic carbocycles. The number of nitriles is 1. The average Bonchev–Trinajstić information content (AvgIpc) is 1.56. The lowest BCUT2D eigenvalue weighted by molar-refractivity contribution is 1.07. The van der Waals surface area contributed by atoms with E-state index in [0.717, 1.165) is 127 Å². The predicted molar refractivity (Wildman–Crippen MR) is 369 cm³/mol. The quantitative estimate of drug-likeness (QED) is 0.144. The van der Waals surface area contributed by atoms with Gasteiger partial charge >= 0.3 is 0 Å². The number of nitrogens with zero attached hydrogens (tertiary/aromatic N) is 8. The highest BCUT2D eigenvalue weighted by Gasteiger charge is 2.26. The number of aromatic nitrogens is 7. The van der Waals surface area contributed by atoms with E-state index in [-0.39, 0.29) is 0 Å². The van der Waals surface area contributed by atoms with Crippen molar-refractivity contribution >= 4 is 87.2 Å². The Hall–Kier alpha value is -12.4. The van der Waals surface area contributed by atoms with Gasteiger partial charge in [-0.3, -0.25) is 0 Å². The zero-order valence-electron chi connectivity index (χ0n) is 48.4. The third-order valence-electron chi connectivity index (χ3n) is 18.0. The van der Waals surface area contributed by atoms with Crippen LogP contribution >= 0.6 is 0 Å². The summed E-state index contributed by atoms with van der Waals surface area (Å²) < 4.78 is 9.74. The summed E-state index contributed by atoms with van der Waals surface area (Å²) in [6.45, 7) is 0. The number of fused-ring (bicyclic) bond motifs is 12. The first-order valence-corrected chi connectivity index (χ1v) is 30.3. The molecule has 5 aromatic heterocycles. The molecule has 0 spiro atoms. The van der Waals surface area contributed by atoms with E-state index in [1.807, 2.05) is 54.6 Å². The van der Waals surface area contributed by atoms with Gasteiger partial charge in [-0.25, -0.2) is 15.0 Å². The van der Waals surface area contributed by atoms with Crippen LogP contribution in [0, 0.1) is 11.3 Å². The van der Waals surface area contributed by atoms with Gasteiger partial charge in [0.1, 0.15) is 0 Å². The normalized spacial score (nSPS) is 11.8. The van der Waals surface area contributed by atoms with E-state index < -0.39 is 0 Å². The van der Waals surface area contributed by atoms with Crippen LogP contribution in [0.2, 0.25) is 0 Å². The van der Waals surface area contributed by atoms with Crippen LogP contribution in [-0.4, -0.2) is 33.2 Å². The van der Waals surface area contributed by atoms with Gasteiger partial charge in [-0.15, -0.1) is 0 Å². The van der Waals surface area contributed by atoms with Crippen molar-refractivity contribution in [3.63, 3.8) is 0 Å². The second-order valence-corrected chi connectivity index (χ2v) is 23.0. The maximum absolute atomic E-state index is 10.3. The van der Waals surface area contributed by atoms with E-state index in [4.69, 9.17) is 15.0 Å². The first-order valence-electron chi connectivity index (χ1n) is 30.3. The Balaban J connectivity index is 0.984. The third kappa shape index (κ3) is 7.97. The lowest BCUT2D eigenvalue weighted by Gasteiger charge is -2.21. The minimum atomic E-state index is 0.548. The molecule has 0 bridgehead atoms. The number of para-hydroxylation sites is 6. The molecule has 0 radical (unpaired) electrons. The molecule has 8 nitrogen and oxygen atoms in total. The Kier molecular flexibility index (Phi) is 11.5. The zero-order valence-corrected chi connectivity index (χ0v) is 48.4. The Morgan fingerprint density at radius 2 is 0.611 bits per heavy atom. The highest BCUT2D eigenvalue weighted by molar-refractivity contribution is 6.21. The van der Waals surface area contributed by atoms with Crippen molar-refractivity contribution in [2.24, 2.45) is 0 Å². The standard InChI is InChI=1S/C82H50N8/c83-51-52-22-21-27-55(44-52)56-40-42-64(75(46-56)90-73-39-20-16-35-63(73)69-48-67-61-33-14-18-37-71(61)88(77(67)50-79(69)90)59-30-11-4-12-31-59)65-45-57(82-85-80(53-23-5-1-6-24-53)84-81(86-82)54-25-7-2-8-26-54)41-43-74(65)89-72-38-19-15-34-62(72)68-47-66-60-32-13-17-36-70(60)87(76(66)49-78(68)89)58-28-9-3-10-29-58/h1-50H. The number of hydrogen-bond acceptors (Lipinski definition) is 4. The van der Waals surface area contributed by atoms with Crippen molar-refractivity contribution in [3.8, 4) is 85.2 Å². The van der Waals surface area contributed by atoms with E-state index in [9.17, 15) is 5.26 Å². The molecule has 90 heavy (non-hydrogen) atoms. The first-order chi connectivity index (χ1) is 44.6. The summed E-state index contributed by atoms with van der Waals surface area (Å²) in [5.74, 6) is 1.71. The molecule has 0 saturated carbocycles. The minimum absolute atomic E-state index is 0.548. The molecule has 418 valence electrons. The molecule has 5 heterocycles. The summed E-state index contributed by atoms with van der Waals surface area (Å²) in [7, 11) is 0. The second kappa shape index (κ2) is 20.3. The fourth-order valence-electron chi connectivity index (χ4n) is 14.0. The van der Waals surface area contributed by atoms with Gasteiger partial charge in [0.2, 0.25) is 0 Å². The molecular weight excluding hydrogens is 1100 g/mol. The molecule has 8 heteroatoms. The lowest BCUT2D eigenvalue weighted by Crippen LogP contribution is -2.04. The topological polar surface area (TPSA) is 82.2 Å². The highest BCUT2D eigenvalue weighted by Crippen LogP contribution is 2.47. The van der Waals surface area contributed by atoms with Crippen LogP contribution in [-0.2, 0) is 0 Å². The van der Waals surface area contributed by atoms with Crippen LogP contribution in [0.5, 0.6) is 0 Å². The number of rotatable bonds is 9. The Labute approximate surface area is 516 Å². The van der Waals surface area contributed by atoms with Crippen LogP contribution in [0.25, 0.3) is 166 Å². The second-order valence-electron chi connectivity index (χ2n) is 23.0. The molecule has 0 N–H and O–H groups in total. The van der Waals surface area contributed by atoms with Gasteiger partial charge in [-0.05, 0) is 120 Å². The fraction of sp³-hybridized carbons (Fsp3) is 0. The highest BCUT2D eigenvalue weighted by atomic mass is 15.0. The SMILES string of the molecule is N#Cc1cccc(-c2ccc(-c3cc(-c4nc(-c5ccccc5)nc(-c5ccccc5)n4)ccc3-n3c4ccccc4c4cc5c6ccccc6n(-c6ccccc6)c5cc43)c(-n3c4ccccc4c4cc5c6ccccc6n(-c6ccccc6)c5cc43)c2)c1. The van der Waals surface area contributed by atoms with Crippen LogP contribution in [0.1, 0.15) is 5.56 Å². The molecule has 0 unspecified atom stereocenters. The van der Waals surface area contributed by atoms with Crippen molar-refractivity contribution in [1.29, 1.82) is 5.26 Å². The maximum atomic E-state index is 10.3. The van der Waals surface area contributed by atoms with Crippen molar-refractivity contribution < 1.29 is 0 Å². The summed E-state index contributed by atoms with van der Waals surface area (Å²) in [4.78, 5) is 15.9. The van der Waals surface area contributed by atoms with Crippen molar-refractivity contribution in [1.82, 2.24) is 33.2 Å². The van der Waals surface area contributed by atoms with Crippen molar-refractivity contribution in [2.45, 2.75) is 0 Å². The molecule has 0 aliphatic rings. The fourth-order valence-corrected chi connectivity index (χ4v) is 14.0. The van der Waals surface area contributed by atoms with Gasteiger partial charge in [-0.2, -0.15) is 5.26 Å². The number of benzene rings is 13. The van der Waals surface area contributed by atoms with Crippen molar-refractivity contribution in [2.75, 3.05) is 0 Å². The Morgan fingerprint density at radius 3 is 1.09 bits per heavy atom. The van der Waals surface area contributed by atoms with Crippen molar-refractivity contribution in [3.05, 3.63) is 309 Å². The van der Waals surface area contributed by atoms with E-state index in [2.05, 4.69) is 273 Å².